The molecule has 3 nitrogen and oxygen atoms in total. The molecule has 1 rings (SSSR count). The molecule has 1 atom stereocenters. The first-order valence-electron chi connectivity index (χ1n) is 6.64. The third-order valence-corrected chi connectivity index (χ3v) is 2.34. The Morgan fingerprint density at radius 1 is 1.09 bits per heavy atom. The zero-order valence-corrected chi connectivity index (χ0v) is 21.4. The van der Waals surface area contributed by atoms with Crippen molar-refractivity contribution in [2.24, 2.45) is 5.92 Å². The van der Waals surface area contributed by atoms with Crippen LogP contribution in [0.5, 0.6) is 0 Å². The van der Waals surface area contributed by atoms with E-state index in [4.69, 9.17) is 15.9 Å². The maximum atomic E-state index is 7.62. The third kappa shape index (κ3) is 31.3. The first-order chi connectivity index (χ1) is 9.04. The molecule has 1 unspecified atom stereocenters. The second kappa shape index (κ2) is 23.0. The van der Waals surface area contributed by atoms with Crippen molar-refractivity contribution >= 4 is 31.7 Å². The average Bonchev–Trinajstić information content (AvgIpc) is 2.57. The Hall–Kier alpha value is 1.04. The average molecular weight is 465 g/mol. The van der Waals surface area contributed by atoms with E-state index in [1.54, 1.807) is 23.3 Å². The van der Waals surface area contributed by atoms with E-state index in [1.165, 1.54) is 16.7 Å². The Balaban J connectivity index is -0.0000000455. The first kappa shape index (κ1) is 39.2. The van der Waals surface area contributed by atoms with Crippen LogP contribution in [0.3, 0.4) is 0 Å². The summed E-state index contributed by atoms with van der Waals surface area (Å²) in [6.45, 7) is 15.9. The Labute approximate surface area is 173 Å². The summed E-state index contributed by atoms with van der Waals surface area (Å²) in [4.78, 5) is 0. The molecule has 0 aromatic rings. The minimum absolute atomic E-state index is 0. The third-order valence-electron chi connectivity index (χ3n) is 2.34. The molecule has 0 aromatic carbocycles. The van der Waals surface area contributed by atoms with Gasteiger partial charge in [-0.05, 0) is 0 Å². The van der Waals surface area contributed by atoms with E-state index in [0.29, 0.717) is 5.92 Å². The van der Waals surface area contributed by atoms with Crippen molar-refractivity contribution in [2.75, 3.05) is 13.2 Å². The molecule has 7 heteroatoms. The van der Waals surface area contributed by atoms with E-state index in [-0.39, 0.29) is 51.0 Å². The summed E-state index contributed by atoms with van der Waals surface area (Å²) >= 11 is 1.58. The monoisotopic (exact) mass is 462 g/mol. The van der Waals surface area contributed by atoms with Crippen LogP contribution in [0.4, 0.5) is 0 Å². The molecule has 0 aliphatic heterocycles. The van der Waals surface area contributed by atoms with Gasteiger partial charge < -0.3 is 23.4 Å². The number of aliphatic hydroxyl groups is 2. The second-order valence-electron chi connectivity index (χ2n) is 5.50. The van der Waals surface area contributed by atoms with Crippen molar-refractivity contribution in [3.05, 3.63) is 36.0 Å². The van der Waals surface area contributed by atoms with Crippen LogP contribution in [0.1, 0.15) is 48.5 Å². The molecule has 142 valence electrons. The predicted octanol–water partition coefficient (Wildman–Crippen LogP) is 3.91. The molecule has 0 bridgehead atoms. The normalized spacial score (nSPS) is 14.7. The number of halogens is 2. The fourth-order valence-corrected chi connectivity index (χ4v) is 1.16. The number of allylic oxidation sites excluding steroid dienone is 4. The van der Waals surface area contributed by atoms with Crippen LogP contribution in [-0.2, 0) is 23.3 Å². The van der Waals surface area contributed by atoms with Gasteiger partial charge in [0.05, 0.1) is 13.2 Å². The van der Waals surface area contributed by atoms with Gasteiger partial charge in [-0.25, -0.2) is 5.57 Å². The van der Waals surface area contributed by atoms with Gasteiger partial charge in [0.15, 0.2) is 0 Å². The molecule has 0 amide bonds. The molecule has 3 N–H and O–H groups in total. The van der Waals surface area contributed by atoms with Crippen molar-refractivity contribution in [1.82, 2.24) is 0 Å². The van der Waals surface area contributed by atoms with E-state index in [9.17, 15) is 0 Å². The second-order valence-corrected chi connectivity index (χ2v) is 5.50. The van der Waals surface area contributed by atoms with E-state index < -0.39 is 0 Å². The van der Waals surface area contributed by atoms with Crippen molar-refractivity contribution in [2.45, 2.75) is 54.0 Å². The number of rotatable bonds is 1. The van der Waals surface area contributed by atoms with Crippen molar-refractivity contribution in [3.63, 3.8) is 0 Å². The van der Waals surface area contributed by atoms with Crippen LogP contribution in [0.25, 0.3) is 5.73 Å². The summed E-state index contributed by atoms with van der Waals surface area (Å²) < 4.78 is 0. The SMILES string of the molecule is CC(C)(C)[NH-].CC1=[C-]C(C)C(C)=C1C.Cl.Cl.OCCO.[CH3-].[SiH2]=[Zr]. The molecule has 0 spiro atoms. The molecule has 0 radical (unpaired) electrons. The molecule has 0 heterocycles. The quantitative estimate of drug-likeness (QED) is 0.457. The molecular weight excluding hydrogens is 428 g/mol. The molecular formula is C16H36Cl2NO2SiZr-3. The van der Waals surface area contributed by atoms with E-state index >= 15 is 0 Å². The summed E-state index contributed by atoms with van der Waals surface area (Å²) in [5.41, 5.74) is 10.9. The molecule has 1 aliphatic carbocycles. The zero-order valence-electron chi connectivity index (χ0n) is 15.9. The van der Waals surface area contributed by atoms with Crippen molar-refractivity contribution < 1.29 is 33.5 Å². The van der Waals surface area contributed by atoms with Gasteiger partial charge in [0.2, 0.25) is 0 Å². The van der Waals surface area contributed by atoms with Crippen LogP contribution in [0.2, 0.25) is 0 Å². The standard InChI is InChI=1S/C9H13.C4H10N.C2H6O2.CH3.2ClH.H2Si.Zr/c1-6-5-7(2)9(4)8(6)3;1-4(2,3)5;3-1-2-4;;;;;/h6H,1-4H3;5H,1-3H3;3-4H,1-2H2;1H3;2*1H;1H2;/q2*-1;;-1;;;;. The fourth-order valence-electron chi connectivity index (χ4n) is 1.16. The van der Waals surface area contributed by atoms with Crippen LogP contribution in [0, 0.1) is 19.4 Å². The van der Waals surface area contributed by atoms with Gasteiger partial charge in [-0.3, -0.25) is 6.08 Å². The minimum atomic E-state index is -0.250. The van der Waals surface area contributed by atoms with Crippen LogP contribution >= 0.6 is 24.8 Å². The van der Waals surface area contributed by atoms with Crippen LogP contribution in [0.15, 0.2) is 16.7 Å². The fraction of sp³-hybridized carbons (Fsp3) is 0.688. The van der Waals surface area contributed by atoms with E-state index in [2.05, 4.69) is 33.8 Å². The first-order valence-corrected chi connectivity index (χ1v) is 12.6. The summed E-state index contributed by atoms with van der Waals surface area (Å²) in [5, 5.41) is 15.2. The number of hydrogen-bond acceptors (Lipinski definition) is 2. The van der Waals surface area contributed by atoms with Crippen LogP contribution in [-0.4, -0.2) is 35.8 Å². The zero-order chi connectivity index (χ0) is 16.9. The van der Waals surface area contributed by atoms with Gasteiger partial charge in [0.1, 0.15) is 0 Å². The van der Waals surface area contributed by atoms with Crippen molar-refractivity contribution in [3.8, 4) is 0 Å². The summed E-state index contributed by atoms with van der Waals surface area (Å²) in [7, 11) is 0. The van der Waals surface area contributed by atoms with Gasteiger partial charge in [-0.15, -0.1) is 37.3 Å². The number of nitrogens with one attached hydrogen (secondary N) is 1. The topological polar surface area (TPSA) is 64.3 Å². The predicted molar refractivity (Wildman–Crippen MR) is 108 cm³/mol. The Kier molecular flexibility index (Phi) is 39.3. The number of aliphatic hydroxyl groups excluding tert-OH is 2. The van der Waals surface area contributed by atoms with Gasteiger partial charge >= 0.3 is 30.2 Å². The van der Waals surface area contributed by atoms with Gasteiger partial charge in [-0.1, -0.05) is 47.5 Å². The van der Waals surface area contributed by atoms with E-state index in [0.717, 1.165) is 0 Å². The molecule has 23 heavy (non-hydrogen) atoms. The van der Waals surface area contributed by atoms with Gasteiger partial charge in [-0.2, -0.15) is 11.1 Å². The molecule has 1 aliphatic rings. The maximum absolute atomic E-state index is 7.62. The summed E-state index contributed by atoms with van der Waals surface area (Å²) in [6, 6.07) is 0. The van der Waals surface area contributed by atoms with E-state index in [1.807, 2.05) is 27.7 Å². The number of hydrogen-bond donors (Lipinski definition) is 2. The van der Waals surface area contributed by atoms with Crippen LogP contribution < -0.4 is 0 Å². The Morgan fingerprint density at radius 2 is 1.35 bits per heavy atom. The van der Waals surface area contributed by atoms with Gasteiger partial charge in [0, 0.05) is 0 Å². The molecule has 0 fully saturated rings. The molecule has 0 aromatic heterocycles. The molecule has 0 saturated carbocycles. The summed E-state index contributed by atoms with van der Waals surface area (Å²) in [6.07, 6.45) is 3.36. The van der Waals surface area contributed by atoms with Gasteiger partial charge in [0.25, 0.3) is 0 Å². The van der Waals surface area contributed by atoms with Crippen molar-refractivity contribution in [1.29, 1.82) is 0 Å². The molecule has 0 saturated heterocycles. The Bertz CT molecular complexity index is 312. The Morgan fingerprint density at radius 3 is 1.39 bits per heavy atom. The summed E-state index contributed by atoms with van der Waals surface area (Å²) in [5.74, 6) is 0.560.